The van der Waals surface area contributed by atoms with E-state index in [9.17, 15) is 13.6 Å². The van der Waals surface area contributed by atoms with E-state index in [0.717, 1.165) is 11.6 Å². The van der Waals surface area contributed by atoms with Gasteiger partial charge in [-0.1, -0.05) is 29.8 Å². The second kappa shape index (κ2) is 10.3. The highest BCUT2D eigenvalue weighted by Crippen LogP contribution is 2.32. The number of benzene rings is 2. The second-order valence-corrected chi connectivity index (χ2v) is 7.29. The maximum absolute atomic E-state index is 14.2. The number of hydrogen-bond donors (Lipinski definition) is 1. The van der Waals surface area contributed by atoms with Gasteiger partial charge in [-0.15, -0.1) is 0 Å². The summed E-state index contributed by atoms with van der Waals surface area (Å²) in [7, 11) is 0. The first-order chi connectivity index (χ1) is 14.9. The number of esters is 1. The van der Waals surface area contributed by atoms with E-state index in [4.69, 9.17) is 26.8 Å². The number of hydrogen-bond acceptors (Lipinski definition) is 5. The van der Waals surface area contributed by atoms with Gasteiger partial charge in [-0.25, -0.2) is 13.8 Å². The van der Waals surface area contributed by atoms with Crippen molar-refractivity contribution in [3.63, 3.8) is 0 Å². The first-order valence-corrected chi connectivity index (χ1v) is 10.0. The molecular formula is C23H21ClF2N2O3. The average molecular weight is 447 g/mol. The van der Waals surface area contributed by atoms with E-state index < -0.39 is 17.8 Å². The Hall–Kier alpha value is -3.03. The van der Waals surface area contributed by atoms with Gasteiger partial charge in [0.15, 0.2) is 5.82 Å². The zero-order valence-corrected chi connectivity index (χ0v) is 17.5. The van der Waals surface area contributed by atoms with Crippen LogP contribution in [0, 0.1) is 11.6 Å². The van der Waals surface area contributed by atoms with Gasteiger partial charge in [-0.05, 0) is 60.4 Å². The van der Waals surface area contributed by atoms with Gasteiger partial charge >= 0.3 is 5.97 Å². The lowest BCUT2D eigenvalue weighted by atomic mass is 9.97. The number of nitrogens with two attached hydrogens (primary N) is 1. The van der Waals surface area contributed by atoms with Crippen molar-refractivity contribution in [1.29, 1.82) is 0 Å². The van der Waals surface area contributed by atoms with Crippen LogP contribution in [0.5, 0.6) is 11.6 Å². The number of pyridine rings is 1. The lowest BCUT2D eigenvalue weighted by Gasteiger charge is -2.16. The number of ether oxygens (including phenoxy) is 2. The Morgan fingerprint density at radius 1 is 1.16 bits per heavy atom. The zero-order chi connectivity index (χ0) is 22.4. The molecular weight excluding hydrogens is 426 g/mol. The molecule has 31 heavy (non-hydrogen) atoms. The van der Waals surface area contributed by atoms with Crippen LogP contribution in [-0.4, -0.2) is 23.6 Å². The maximum atomic E-state index is 14.2. The molecule has 2 aromatic carbocycles. The van der Waals surface area contributed by atoms with Gasteiger partial charge < -0.3 is 15.2 Å². The van der Waals surface area contributed by atoms with Crippen LogP contribution in [0.1, 0.15) is 18.9 Å². The number of carbonyl (C=O) groups is 1. The molecule has 0 saturated heterocycles. The topological polar surface area (TPSA) is 74.4 Å². The quantitative estimate of drug-likeness (QED) is 0.475. The van der Waals surface area contributed by atoms with Crippen LogP contribution in [0.4, 0.5) is 8.78 Å². The normalized spacial score (nSPS) is 11.8. The highest BCUT2D eigenvalue weighted by atomic mass is 35.5. The smallest absolute Gasteiger partial charge is 0.307 e. The van der Waals surface area contributed by atoms with Crippen LogP contribution in [0.15, 0.2) is 54.7 Å². The number of aromatic nitrogens is 1. The van der Waals surface area contributed by atoms with Crippen molar-refractivity contribution in [2.75, 3.05) is 6.61 Å². The third-order valence-electron chi connectivity index (χ3n) is 4.42. The Labute approximate surface area is 183 Å². The fourth-order valence-corrected chi connectivity index (χ4v) is 3.20. The summed E-state index contributed by atoms with van der Waals surface area (Å²) >= 11 is 5.75. The van der Waals surface area contributed by atoms with E-state index >= 15 is 0 Å². The average Bonchev–Trinajstić information content (AvgIpc) is 2.71. The van der Waals surface area contributed by atoms with Gasteiger partial charge in [0.25, 0.3) is 5.88 Å². The van der Waals surface area contributed by atoms with E-state index in [1.165, 1.54) is 18.3 Å². The first kappa shape index (κ1) is 22.7. The summed E-state index contributed by atoms with van der Waals surface area (Å²) in [5.41, 5.74) is 8.12. The van der Waals surface area contributed by atoms with Gasteiger partial charge in [0.05, 0.1) is 18.1 Å². The van der Waals surface area contributed by atoms with Crippen LogP contribution in [0.2, 0.25) is 5.02 Å². The molecule has 0 aliphatic heterocycles. The fourth-order valence-electron chi connectivity index (χ4n) is 3.06. The van der Waals surface area contributed by atoms with Crippen LogP contribution in [-0.2, 0) is 16.0 Å². The largest absolute Gasteiger partial charge is 0.466 e. The van der Waals surface area contributed by atoms with Crippen LogP contribution >= 0.6 is 11.6 Å². The zero-order valence-electron chi connectivity index (χ0n) is 16.8. The minimum absolute atomic E-state index is 0.00499. The third kappa shape index (κ3) is 6.23. The van der Waals surface area contributed by atoms with E-state index in [2.05, 4.69) is 4.98 Å². The Morgan fingerprint density at radius 2 is 1.94 bits per heavy atom. The van der Waals surface area contributed by atoms with Crippen molar-refractivity contribution in [2.24, 2.45) is 5.73 Å². The molecule has 0 amide bonds. The predicted molar refractivity (Wildman–Crippen MR) is 114 cm³/mol. The Kier molecular flexibility index (Phi) is 7.55. The number of carbonyl (C=O) groups excluding carboxylic acids is 1. The summed E-state index contributed by atoms with van der Waals surface area (Å²) < 4.78 is 38.5. The monoisotopic (exact) mass is 446 g/mol. The number of halogens is 3. The third-order valence-corrected chi connectivity index (χ3v) is 4.62. The SMILES string of the molecule is CCOC(=O)CC(N)Cc1cc(-c2cccc(F)c2)ccc1Oc1ncc(Cl)cc1F. The Balaban J connectivity index is 1.93. The maximum Gasteiger partial charge on any atom is 0.307 e. The van der Waals surface area contributed by atoms with Crippen LogP contribution < -0.4 is 10.5 Å². The fraction of sp³-hybridized carbons (Fsp3) is 0.217. The summed E-state index contributed by atoms with van der Waals surface area (Å²) in [5, 5.41) is 0.142. The molecule has 0 saturated carbocycles. The van der Waals surface area contributed by atoms with Gasteiger partial charge in [-0.2, -0.15) is 0 Å². The van der Waals surface area contributed by atoms with Crippen molar-refractivity contribution in [1.82, 2.24) is 4.98 Å². The lowest BCUT2D eigenvalue weighted by Crippen LogP contribution is -2.27. The van der Waals surface area contributed by atoms with E-state index in [1.807, 2.05) is 0 Å². The standard InChI is InChI=1S/C23H21ClF2N2O3/c1-2-30-22(29)12-19(27)10-16-8-15(14-4-3-5-18(25)9-14)6-7-21(16)31-23-20(26)11-17(24)13-28-23/h3-9,11,13,19H,2,10,12,27H2,1H3. The molecule has 1 unspecified atom stereocenters. The minimum atomic E-state index is -0.719. The van der Waals surface area contributed by atoms with Crippen molar-refractivity contribution in [3.8, 4) is 22.8 Å². The molecule has 8 heteroatoms. The van der Waals surface area contributed by atoms with E-state index in [0.29, 0.717) is 16.9 Å². The number of nitrogens with zero attached hydrogens (tertiary/aromatic N) is 1. The highest BCUT2D eigenvalue weighted by Gasteiger charge is 2.17. The Bertz CT molecular complexity index is 1080. The molecule has 0 radical (unpaired) electrons. The summed E-state index contributed by atoms with van der Waals surface area (Å²) in [4.78, 5) is 15.6. The second-order valence-electron chi connectivity index (χ2n) is 6.85. The molecule has 0 bridgehead atoms. The Morgan fingerprint density at radius 3 is 2.65 bits per heavy atom. The van der Waals surface area contributed by atoms with Crippen molar-refractivity contribution in [3.05, 3.63) is 76.9 Å². The van der Waals surface area contributed by atoms with E-state index in [1.54, 1.807) is 37.3 Å². The molecule has 1 atom stereocenters. The van der Waals surface area contributed by atoms with Crippen molar-refractivity contribution < 1.29 is 23.0 Å². The van der Waals surface area contributed by atoms with Gasteiger partial charge in [0, 0.05) is 12.2 Å². The lowest BCUT2D eigenvalue weighted by molar-refractivity contribution is -0.143. The molecule has 3 rings (SSSR count). The van der Waals surface area contributed by atoms with Crippen LogP contribution in [0.25, 0.3) is 11.1 Å². The summed E-state index contributed by atoms with van der Waals surface area (Å²) in [6.07, 6.45) is 1.52. The van der Waals surface area contributed by atoms with Gasteiger partial charge in [-0.3, -0.25) is 4.79 Å². The molecule has 2 N–H and O–H groups in total. The summed E-state index contributed by atoms with van der Waals surface area (Å²) in [6.45, 7) is 1.97. The number of rotatable bonds is 8. The van der Waals surface area contributed by atoms with Crippen molar-refractivity contribution in [2.45, 2.75) is 25.8 Å². The first-order valence-electron chi connectivity index (χ1n) is 9.64. The molecule has 1 aromatic heterocycles. The molecule has 0 aliphatic rings. The summed E-state index contributed by atoms with van der Waals surface area (Å²) in [6, 6.07) is 11.8. The predicted octanol–water partition coefficient (Wildman–Crippen LogP) is 5.30. The molecule has 0 aliphatic carbocycles. The molecule has 5 nitrogen and oxygen atoms in total. The van der Waals surface area contributed by atoms with Crippen LogP contribution in [0.3, 0.4) is 0 Å². The van der Waals surface area contributed by atoms with E-state index in [-0.39, 0.29) is 36.2 Å². The van der Waals surface area contributed by atoms with Gasteiger partial charge in [0.2, 0.25) is 0 Å². The minimum Gasteiger partial charge on any atom is -0.466 e. The molecule has 1 heterocycles. The van der Waals surface area contributed by atoms with Crippen molar-refractivity contribution >= 4 is 17.6 Å². The summed E-state index contributed by atoms with van der Waals surface area (Å²) in [5.74, 6) is -1.44. The van der Waals surface area contributed by atoms with Gasteiger partial charge in [0.1, 0.15) is 11.6 Å². The molecule has 0 fully saturated rings. The highest BCUT2D eigenvalue weighted by molar-refractivity contribution is 6.30. The molecule has 162 valence electrons. The molecule has 0 spiro atoms. The molecule has 3 aromatic rings.